The van der Waals surface area contributed by atoms with Gasteiger partial charge in [-0.3, -0.25) is 14.4 Å². The molecule has 0 radical (unpaired) electrons. The van der Waals surface area contributed by atoms with E-state index < -0.39 is 17.6 Å². The molecule has 3 amide bonds. The summed E-state index contributed by atoms with van der Waals surface area (Å²) in [5, 5.41) is 9.80. The van der Waals surface area contributed by atoms with E-state index in [4.69, 9.17) is 0 Å². The molecule has 1 heterocycles. The minimum Gasteiger partial charge on any atom is -0.343 e. The van der Waals surface area contributed by atoms with Crippen LogP contribution in [0.2, 0.25) is 0 Å². The highest BCUT2D eigenvalue weighted by Gasteiger charge is 2.13. The van der Waals surface area contributed by atoms with Crippen LogP contribution in [0.3, 0.4) is 0 Å². The molecule has 0 spiro atoms. The van der Waals surface area contributed by atoms with Crippen LogP contribution in [0, 0.1) is 5.82 Å². The Balaban J connectivity index is 1.55. The zero-order valence-corrected chi connectivity index (χ0v) is 16.2. The largest absolute Gasteiger partial charge is 0.343 e. The Labute approximate surface area is 170 Å². The monoisotopic (exact) mass is 412 g/mol. The van der Waals surface area contributed by atoms with Crippen molar-refractivity contribution in [2.24, 2.45) is 0 Å². The summed E-state index contributed by atoms with van der Waals surface area (Å²) in [7, 11) is 0. The average Bonchev–Trinajstić information content (AvgIpc) is 3.15. The molecule has 3 N–H and O–H groups in total. The van der Waals surface area contributed by atoms with E-state index >= 15 is 0 Å². The van der Waals surface area contributed by atoms with Gasteiger partial charge in [0.1, 0.15) is 5.82 Å². The van der Waals surface area contributed by atoms with Crippen LogP contribution in [0.15, 0.2) is 53.9 Å². The zero-order valence-electron chi connectivity index (χ0n) is 15.4. The summed E-state index contributed by atoms with van der Waals surface area (Å²) >= 11 is 1.24. The van der Waals surface area contributed by atoms with Crippen LogP contribution in [0.1, 0.15) is 17.3 Å². The minimum absolute atomic E-state index is 0.125. The maximum Gasteiger partial charge on any atom is 0.254 e. The quantitative estimate of drug-likeness (QED) is 0.578. The van der Waals surface area contributed by atoms with Crippen LogP contribution in [0.25, 0.3) is 11.3 Å². The van der Waals surface area contributed by atoms with Gasteiger partial charge in [0.15, 0.2) is 5.13 Å². The van der Waals surface area contributed by atoms with E-state index in [1.807, 2.05) is 0 Å². The molecule has 0 bridgehead atoms. The average molecular weight is 412 g/mol. The van der Waals surface area contributed by atoms with Gasteiger partial charge in [-0.1, -0.05) is 24.3 Å². The molecular weight excluding hydrogens is 395 g/mol. The third-order valence-corrected chi connectivity index (χ3v) is 4.54. The fraction of sp³-hybridized carbons (Fsp3) is 0.100. The molecule has 2 aromatic carbocycles. The third-order valence-electron chi connectivity index (χ3n) is 3.78. The van der Waals surface area contributed by atoms with Crippen molar-refractivity contribution in [2.45, 2.75) is 6.92 Å². The Morgan fingerprint density at radius 1 is 1.03 bits per heavy atom. The highest BCUT2D eigenvalue weighted by molar-refractivity contribution is 7.14. The topological polar surface area (TPSA) is 100 Å². The molecule has 9 heteroatoms. The second-order valence-corrected chi connectivity index (χ2v) is 6.87. The number of carbonyl (C=O) groups is 3. The van der Waals surface area contributed by atoms with Crippen LogP contribution in [0.5, 0.6) is 0 Å². The number of amides is 3. The van der Waals surface area contributed by atoms with Gasteiger partial charge in [-0.25, -0.2) is 9.37 Å². The Hall–Kier alpha value is -3.59. The summed E-state index contributed by atoms with van der Waals surface area (Å²) in [5.41, 5.74) is 2.04. The van der Waals surface area contributed by atoms with Crippen LogP contribution in [0.4, 0.5) is 15.2 Å². The lowest BCUT2D eigenvalue weighted by Crippen LogP contribution is -2.33. The van der Waals surface area contributed by atoms with Gasteiger partial charge in [0.2, 0.25) is 11.8 Å². The van der Waals surface area contributed by atoms with E-state index in [0.29, 0.717) is 16.5 Å². The molecule has 29 heavy (non-hydrogen) atoms. The second-order valence-electron chi connectivity index (χ2n) is 6.01. The molecule has 0 unspecified atom stereocenters. The predicted molar refractivity (Wildman–Crippen MR) is 109 cm³/mol. The first-order valence-corrected chi connectivity index (χ1v) is 9.46. The zero-order chi connectivity index (χ0) is 20.8. The molecule has 7 nitrogen and oxygen atoms in total. The Bertz CT molecular complexity index is 1050. The number of aromatic nitrogens is 1. The van der Waals surface area contributed by atoms with Crippen molar-refractivity contribution in [1.29, 1.82) is 0 Å². The van der Waals surface area contributed by atoms with Gasteiger partial charge in [-0.15, -0.1) is 11.3 Å². The number of nitrogens with one attached hydrogen (secondary N) is 3. The summed E-state index contributed by atoms with van der Waals surface area (Å²) in [6.45, 7) is 1.12. The van der Waals surface area contributed by atoms with E-state index in [-0.39, 0.29) is 18.0 Å². The van der Waals surface area contributed by atoms with E-state index in [1.165, 1.54) is 42.5 Å². The number of hydrogen-bond acceptors (Lipinski definition) is 5. The highest BCUT2D eigenvalue weighted by Crippen LogP contribution is 2.26. The number of anilines is 2. The standard InChI is InChI=1S/C20H17FN4O3S/c1-12(26)23-14-8-6-13(7-9-14)17-11-29-20(24-17)25-18(27)10-22-19(28)15-4-2-3-5-16(15)21/h2-9,11H,10H2,1H3,(H,22,28)(H,23,26)(H,24,25,27). The lowest BCUT2D eigenvalue weighted by Gasteiger charge is -2.06. The number of rotatable bonds is 6. The molecule has 1 aromatic heterocycles. The summed E-state index contributed by atoms with van der Waals surface area (Å²) < 4.78 is 13.6. The van der Waals surface area contributed by atoms with Crippen molar-refractivity contribution < 1.29 is 18.8 Å². The molecule has 0 aliphatic heterocycles. The van der Waals surface area contributed by atoms with E-state index in [9.17, 15) is 18.8 Å². The normalized spacial score (nSPS) is 10.3. The van der Waals surface area contributed by atoms with E-state index in [0.717, 1.165) is 5.56 Å². The molecule has 3 rings (SSSR count). The van der Waals surface area contributed by atoms with Crippen molar-refractivity contribution in [3.63, 3.8) is 0 Å². The van der Waals surface area contributed by atoms with Crippen molar-refractivity contribution in [3.8, 4) is 11.3 Å². The van der Waals surface area contributed by atoms with Gasteiger partial charge in [-0.05, 0) is 24.3 Å². The van der Waals surface area contributed by atoms with Crippen LogP contribution < -0.4 is 16.0 Å². The lowest BCUT2D eigenvalue weighted by molar-refractivity contribution is -0.115. The minimum atomic E-state index is -0.669. The molecule has 0 aliphatic carbocycles. The van der Waals surface area contributed by atoms with Gasteiger partial charge >= 0.3 is 0 Å². The molecule has 0 atom stereocenters. The number of carbonyl (C=O) groups excluding carboxylic acids is 3. The van der Waals surface area contributed by atoms with Gasteiger partial charge in [0, 0.05) is 23.6 Å². The summed E-state index contributed by atoms with van der Waals surface area (Å²) in [5.74, 6) is -1.95. The molecule has 148 valence electrons. The van der Waals surface area contributed by atoms with Gasteiger partial charge < -0.3 is 16.0 Å². The maximum atomic E-state index is 13.6. The van der Waals surface area contributed by atoms with Gasteiger partial charge in [0.05, 0.1) is 17.8 Å². The fourth-order valence-electron chi connectivity index (χ4n) is 2.46. The number of thiazole rings is 1. The highest BCUT2D eigenvalue weighted by atomic mass is 32.1. The first kappa shape index (κ1) is 20.2. The van der Waals surface area contributed by atoms with Gasteiger partial charge in [-0.2, -0.15) is 0 Å². The van der Waals surface area contributed by atoms with E-state index in [2.05, 4.69) is 20.9 Å². The fourth-order valence-corrected chi connectivity index (χ4v) is 3.19. The Kier molecular flexibility index (Phi) is 6.30. The molecule has 0 saturated heterocycles. The molecule has 0 aliphatic rings. The SMILES string of the molecule is CC(=O)Nc1ccc(-c2csc(NC(=O)CNC(=O)c3ccccc3F)n2)cc1. The molecule has 0 saturated carbocycles. The van der Waals surface area contributed by atoms with Crippen molar-refractivity contribution >= 4 is 39.9 Å². The first-order valence-electron chi connectivity index (χ1n) is 8.58. The Morgan fingerprint density at radius 3 is 2.45 bits per heavy atom. The van der Waals surface area contributed by atoms with E-state index in [1.54, 1.807) is 29.6 Å². The van der Waals surface area contributed by atoms with Crippen molar-refractivity contribution in [3.05, 3.63) is 65.3 Å². The van der Waals surface area contributed by atoms with Gasteiger partial charge in [0.25, 0.3) is 5.91 Å². The summed E-state index contributed by atoms with van der Waals surface area (Å²) in [6, 6.07) is 12.7. The maximum absolute atomic E-state index is 13.6. The number of halogens is 1. The smallest absolute Gasteiger partial charge is 0.254 e. The summed E-state index contributed by atoms with van der Waals surface area (Å²) in [6.07, 6.45) is 0. The molecule has 0 fully saturated rings. The van der Waals surface area contributed by atoms with Crippen molar-refractivity contribution in [2.75, 3.05) is 17.2 Å². The summed E-state index contributed by atoms with van der Waals surface area (Å²) in [4.78, 5) is 39.4. The van der Waals surface area contributed by atoms with Crippen molar-refractivity contribution in [1.82, 2.24) is 10.3 Å². The lowest BCUT2D eigenvalue weighted by atomic mass is 10.1. The number of benzene rings is 2. The first-order chi connectivity index (χ1) is 13.9. The molecule has 3 aromatic rings. The number of nitrogens with zero attached hydrogens (tertiary/aromatic N) is 1. The molecular formula is C20H17FN4O3S. The van der Waals surface area contributed by atoms with Crippen LogP contribution in [-0.2, 0) is 9.59 Å². The predicted octanol–water partition coefficient (Wildman–Crippen LogP) is 3.28. The second kappa shape index (κ2) is 9.07. The van der Waals surface area contributed by atoms with Crippen LogP contribution in [-0.4, -0.2) is 29.3 Å². The third kappa shape index (κ3) is 5.45. The van der Waals surface area contributed by atoms with Crippen LogP contribution >= 0.6 is 11.3 Å². The Morgan fingerprint density at radius 2 is 1.76 bits per heavy atom. The number of hydrogen-bond donors (Lipinski definition) is 3.